The first-order valence-corrected chi connectivity index (χ1v) is 17.9. The van der Waals surface area contributed by atoms with Crippen LogP contribution in [0.3, 0.4) is 0 Å². The lowest BCUT2D eigenvalue weighted by Crippen LogP contribution is -2.66. The van der Waals surface area contributed by atoms with Gasteiger partial charge in [-0.1, -0.05) is 41.5 Å². The fourth-order valence-electron chi connectivity index (χ4n) is 4.47. The van der Waals surface area contributed by atoms with E-state index in [1.807, 2.05) is 14.2 Å². The smallest absolute Gasteiger partial charge is 0.334 e. The lowest BCUT2D eigenvalue weighted by molar-refractivity contribution is 0.248. The molecule has 0 rings (SSSR count). The summed E-state index contributed by atoms with van der Waals surface area (Å²) in [4.78, 5) is 0. The van der Waals surface area contributed by atoms with E-state index in [0.29, 0.717) is 0 Å². The highest BCUT2D eigenvalue weighted by molar-refractivity contribution is 6.92. The van der Waals surface area contributed by atoms with E-state index in [0.717, 1.165) is 6.04 Å². The van der Waals surface area contributed by atoms with Crippen LogP contribution in [-0.4, -0.2) is 50.0 Å². The van der Waals surface area contributed by atoms with Crippen LogP contribution in [0.5, 0.6) is 0 Å². The Bertz CT molecular complexity index is 294. The van der Waals surface area contributed by atoms with Crippen molar-refractivity contribution in [2.45, 2.75) is 96.8 Å². The molecular formula is C18H45NO2Si3. The first-order chi connectivity index (χ1) is 11.3. The van der Waals surface area contributed by atoms with Crippen molar-refractivity contribution in [1.29, 1.82) is 0 Å². The van der Waals surface area contributed by atoms with E-state index in [9.17, 15) is 0 Å². The molecule has 0 aliphatic carbocycles. The van der Waals surface area contributed by atoms with Crippen molar-refractivity contribution in [2.75, 3.05) is 20.8 Å². The molecule has 0 aromatic heterocycles. The largest absolute Gasteiger partial charge is 0.398 e. The molecule has 0 bridgehead atoms. The van der Waals surface area contributed by atoms with Gasteiger partial charge in [-0.15, -0.1) is 0 Å². The SMILES string of the molecule is CC[Si](CC)(CC)N(CCC[Si](C)(OC)OC)[Si](CC)(CC)CC. The monoisotopic (exact) mass is 391 g/mol. The molecule has 0 radical (unpaired) electrons. The zero-order chi connectivity index (χ0) is 18.9. The molecule has 24 heavy (non-hydrogen) atoms. The topological polar surface area (TPSA) is 21.7 Å². The molecule has 146 valence electrons. The quantitative estimate of drug-likeness (QED) is 0.336. The minimum absolute atomic E-state index is 1.11. The molecule has 3 nitrogen and oxygen atoms in total. The molecule has 0 unspecified atom stereocenters. The Balaban J connectivity index is 5.49. The molecular weight excluding hydrogens is 346 g/mol. The van der Waals surface area contributed by atoms with Crippen molar-refractivity contribution in [3.8, 4) is 0 Å². The standard InChI is InChI=1S/C18H45NO2Si3/c1-10-23(11-2,12-3)19(24(13-4,14-5)15-6)17-16-18-22(9,20-7)21-8/h10-18H2,1-9H3. The molecule has 0 aliphatic heterocycles. The van der Waals surface area contributed by atoms with Crippen LogP contribution >= 0.6 is 0 Å². The van der Waals surface area contributed by atoms with Crippen LogP contribution in [0, 0.1) is 0 Å². The molecule has 0 aromatic carbocycles. The summed E-state index contributed by atoms with van der Waals surface area (Å²) in [7, 11) is -0.967. The molecule has 0 aliphatic rings. The van der Waals surface area contributed by atoms with E-state index in [2.05, 4.69) is 52.3 Å². The maximum Gasteiger partial charge on any atom is 0.334 e. The third kappa shape index (κ3) is 5.51. The van der Waals surface area contributed by atoms with Gasteiger partial charge in [-0.3, -0.25) is 0 Å². The summed E-state index contributed by atoms with van der Waals surface area (Å²) in [6.07, 6.45) is 1.23. The molecule has 0 spiro atoms. The van der Waals surface area contributed by atoms with Gasteiger partial charge >= 0.3 is 8.56 Å². The molecule has 0 fully saturated rings. The summed E-state index contributed by atoms with van der Waals surface area (Å²) in [6.45, 7) is 18.2. The van der Waals surface area contributed by atoms with Crippen molar-refractivity contribution in [1.82, 2.24) is 4.23 Å². The fourth-order valence-corrected chi connectivity index (χ4v) is 19.3. The lowest BCUT2D eigenvalue weighted by Gasteiger charge is -2.52. The van der Waals surface area contributed by atoms with Crippen LogP contribution in [0.15, 0.2) is 0 Å². The minimum atomic E-state index is -1.94. The van der Waals surface area contributed by atoms with Gasteiger partial charge in [-0.2, -0.15) is 0 Å². The van der Waals surface area contributed by atoms with Crippen LogP contribution in [0.1, 0.15) is 48.0 Å². The molecule has 0 saturated heterocycles. The summed E-state index contributed by atoms with van der Waals surface area (Å²) in [5.74, 6) is 0. The van der Waals surface area contributed by atoms with Gasteiger partial charge in [0, 0.05) is 14.2 Å². The summed E-state index contributed by atoms with van der Waals surface area (Å²) in [6, 6.07) is 9.52. The van der Waals surface area contributed by atoms with E-state index in [-0.39, 0.29) is 0 Å². The number of hydrogen-bond donors (Lipinski definition) is 0. The zero-order valence-electron chi connectivity index (χ0n) is 18.1. The van der Waals surface area contributed by atoms with Gasteiger partial charge in [-0.05, 0) is 61.8 Å². The number of rotatable bonds is 14. The summed E-state index contributed by atoms with van der Waals surface area (Å²) < 4.78 is 14.6. The molecule has 0 N–H and O–H groups in total. The van der Waals surface area contributed by atoms with E-state index >= 15 is 0 Å². The van der Waals surface area contributed by atoms with Gasteiger partial charge in [-0.25, -0.2) is 0 Å². The highest BCUT2D eigenvalue weighted by Gasteiger charge is 2.45. The third-order valence-electron chi connectivity index (χ3n) is 6.97. The second kappa shape index (κ2) is 11.3. The molecule has 0 aromatic rings. The minimum Gasteiger partial charge on any atom is -0.398 e. The van der Waals surface area contributed by atoms with Gasteiger partial charge in [0.1, 0.15) is 16.5 Å². The van der Waals surface area contributed by atoms with Crippen molar-refractivity contribution >= 4 is 25.0 Å². The van der Waals surface area contributed by atoms with Crippen molar-refractivity contribution in [2.24, 2.45) is 0 Å². The van der Waals surface area contributed by atoms with Gasteiger partial charge < -0.3 is 13.1 Å². The van der Waals surface area contributed by atoms with E-state index in [4.69, 9.17) is 8.85 Å². The van der Waals surface area contributed by atoms with E-state index in [1.54, 1.807) is 0 Å². The molecule has 0 heterocycles. The molecule has 0 saturated carbocycles. The summed E-state index contributed by atoms with van der Waals surface area (Å²) in [5, 5.41) is 0. The summed E-state index contributed by atoms with van der Waals surface area (Å²) >= 11 is 0. The maximum absolute atomic E-state index is 5.72. The average molecular weight is 392 g/mol. The van der Waals surface area contributed by atoms with Crippen LogP contribution in [0.4, 0.5) is 0 Å². The van der Waals surface area contributed by atoms with Crippen molar-refractivity contribution in [3.63, 3.8) is 0 Å². The molecule has 0 amide bonds. The van der Waals surface area contributed by atoms with Crippen LogP contribution in [0.2, 0.25) is 48.9 Å². The number of nitrogens with zero attached hydrogens (tertiary/aromatic N) is 1. The van der Waals surface area contributed by atoms with Crippen LogP contribution < -0.4 is 0 Å². The highest BCUT2D eigenvalue weighted by atomic mass is 28.4. The average Bonchev–Trinajstić information content (AvgIpc) is 2.64. The van der Waals surface area contributed by atoms with Crippen molar-refractivity contribution < 1.29 is 8.85 Å². The van der Waals surface area contributed by atoms with E-state index in [1.165, 1.54) is 49.2 Å². The summed E-state index contributed by atoms with van der Waals surface area (Å²) in [5.41, 5.74) is 0. The molecule has 0 atom stereocenters. The zero-order valence-corrected chi connectivity index (χ0v) is 21.1. The third-order valence-corrected chi connectivity index (χ3v) is 23.4. The Labute approximate surface area is 155 Å². The Morgan fingerprint density at radius 2 is 1.00 bits per heavy atom. The van der Waals surface area contributed by atoms with Gasteiger partial charge in [0.2, 0.25) is 0 Å². The van der Waals surface area contributed by atoms with Gasteiger partial charge in [0.05, 0.1) is 0 Å². The molecule has 6 heteroatoms. The lowest BCUT2D eigenvalue weighted by atomic mass is 10.5. The van der Waals surface area contributed by atoms with Crippen LogP contribution in [-0.2, 0) is 8.85 Å². The predicted molar refractivity (Wildman–Crippen MR) is 116 cm³/mol. The maximum atomic E-state index is 5.72. The fraction of sp³-hybridized carbons (Fsp3) is 1.00. The second-order valence-corrected chi connectivity index (χ2v) is 21.6. The normalized spacial score (nSPS) is 13.8. The van der Waals surface area contributed by atoms with Crippen LogP contribution in [0.25, 0.3) is 0 Å². The van der Waals surface area contributed by atoms with E-state index < -0.39 is 25.0 Å². The van der Waals surface area contributed by atoms with Crippen molar-refractivity contribution in [3.05, 3.63) is 0 Å². The Kier molecular flexibility index (Phi) is 11.5. The van der Waals surface area contributed by atoms with Gasteiger partial charge in [0.25, 0.3) is 0 Å². The Morgan fingerprint density at radius 1 is 0.667 bits per heavy atom. The first-order valence-electron chi connectivity index (χ1n) is 10.2. The number of hydrogen-bond acceptors (Lipinski definition) is 3. The predicted octanol–water partition coefficient (Wildman–Crippen LogP) is 6.05. The Morgan fingerprint density at radius 3 is 1.25 bits per heavy atom. The Hall–Kier alpha value is 0.531. The second-order valence-electron chi connectivity index (χ2n) is 7.37. The highest BCUT2D eigenvalue weighted by Crippen LogP contribution is 2.36. The first kappa shape index (κ1) is 24.5. The van der Waals surface area contributed by atoms with Gasteiger partial charge in [0.15, 0.2) is 0 Å².